The molecular formula is C30H35FN4O6S. The Morgan fingerprint density at radius 2 is 1.93 bits per heavy atom. The first-order valence-electron chi connectivity index (χ1n) is 13.8. The number of hydrogen-bond acceptors (Lipinski definition) is 8. The maximum absolute atomic E-state index is 14.3. The number of pyridine rings is 1. The topological polar surface area (TPSA) is 121 Å². The number of ether oxygens (including phenoxy) is 2. The number of methoxy groups -OCH3 is 1. The Bertz CT molecular complexity index is 1540. The fourth-order valence-electron chi connectivity index (χ4n) is 5.65. The molecule has 1 spiro atoms. The van der Waals surface area contributed by atoms with Crippen LogP contribution < -0.4 is 14.2 Å². The standard InChI is InChI=1S/C30H35FN4O6S/c1-34-18-23(36)16-33-42(38,39)28-7-6-22(21-4-3-5-24(14-21)40-2)15-27(28)41-20-30(19-34)9-12-35(13-10-30)29(37)25-8-11-32-17-26(25)31/h3-8,11,14-15,17,23,33,36H,9-10,12-13,16,18-20H2,1-2H3. The number of fused-ring (bicyclic) bond motifs is 1. The van der Waals surface area contributed by atoms with Gasteiger partial charge in [0.15, 0.2) is 5.82 Å². The van der Waals surface area contributed by atoms with Gasteiger partial charge in [-0.3, -0.25) is 9.78 Å². The maximum atomic E-state index is 14.3. The smallest absolute Gasteiger partial charge is 0.256 e. The summed E-state index contributed by atoms with van der Waals surface area (Å²) in [4.78, 5) is 20.3. The Hall–Kier alpha value is -3.58. The third-order valence-corrected chi connectivity index (χ3v) is 9.38. The molecule has 5 rings (SSSR count). The lowest BCUT2D eigenvalue weighted by Gasteiger charge is -2.44. The summed E-state index contributed by atoms with van der Waals surface area (Å²) in [7, 11) is -0.556. The molecule has 1 aromatic heterocycles. The molecule has 0 aliphatic carbocycles. The largest absolute Gasteiger partial charge is 0.497 e. The Morgan fingerprint density at radius 3 is 2.67 bits per heavy atom. The predicted octanol–water partition coefficient (Wildman–Crippen LogP) is 2.78. The first kappa shape index (κ1) is 29.9. The van der Waals surface area contributed by atoms with Crippen LogP contribution in [0.5, 0.6) is 11.5 Å². The van der Waals surface area contributed by atoms with E-state index >= 15 is 0 Å². The van der Waals surface area contributed by atoms with E-state index in [9.17, 15) is 22.7 Å². The Morgan fingerprint density at radius 1 is 1.17 bits per heavy atom. The number of likely N-dealkylation sites (N-methyl/N-ethyl adjacent to an activating group) is 1. The number of aromatic nitrogens is 1. The minimum Gasteiger partial charge on any atom is -0.497 e. The van der Waals surface area contributed by atoms with E-state index in [0.29, 0.717) is 38.2 Å². The molecule has 1 atom stereocenters. The quantitative estimate of drug-likeness (QED) is 0.472. The molecule has 2 aliphatic heterocycles. The van der Waals surface area contributed by atoms with Crippen molar-refractivity contribution in [3.05, 3.63) is 72.3 Å². The number of amides is 1. The van der Waals surface area contributed by atoms with Gasteiger partial charge in [-0.25, -0.2) is 17.5 Å². The second-order valence-electron chi connectivity index (χ2n) is 11.0. The average molecular weight is 599 g/mol. The van der Waals surface area contributed by atoms with Crippen LogP contribution in [0.15, 0.2) is 65.8 Å². The molecule has 2 N–H and O–H groups in total. The van der Waals surface area contributed by atoms with E-state index < -0.39 is 33.3 Å². The van der Waals surface area contributed by atoms with Gasteiger partial charge in [0.25, 0.3) is 5.91 Å². The molecule has 2 aromatic carbocycles. The molecule has 10 nitrogen and oxygen atoms in total. The summed E-state index contributed by atoms with van der Waals surface area (Å²) in [6.07, 6.45) is 2.57. The first-order chi connectivity index (χ1) is 20.1. The van der Waals surface area contributed by atoms with Crippen LogP contribution in [0.3, 0.4) is 0 Å². The monoisotopic (exact) mass is 598 g/mol. The molecule has 0 radical (unpaired) electrons. The van der Waals surface area contributed by atoms with Gasteiger partial charge in [-0.15, -0.1) is 0 Å². The van der Waals surface area contributed by atoms with Gasteiger partial charge in [0, 0.05) is 44.3 Å². The van der Waals surface area contributed by atoms with Crippen LogP contribution >= 0.6 is 0 Å². The summed E-state index contributed by atoms with van der Waals surface area (Å²) in [5, 5.41) is 10.6. The number of aliphatic hydroxyl groups is 1. The molecule has 224 valence electrons. The van der Waals surface area contributed by atoms with Crippen molar-refractivity contribution in [1.29, 1.82) is 0 Å². The van der Waals surface area contributed by atoms with E-state index in [1.807, 2.05) is 36.2 Å². The van der Waals surface area contributed by atoms with Crippen molar-refractivity contribution in [1.82, 2.24) is 19.5 Å². The highest BCUT2D eigenvalue weighted by Gasteiger charge is 2.39. The summed E-state index contributed by atoms with van der Waals surface area (Å²) < 4.78 is 55.1. The molecule has 0 saturated carbocycles. The number of carbonyl (C=O) groups excluding carboxylic acids is 1. The van der Waals surface area contributed by atoms with Gasteiger partial charge in [-0.2, -0.15) is 0 Å². The number of benzene rings is 2. The highest BCUT2D eigenvalue weighted by atomic mass is 32.2. The molecule has 3 heterocycles. The fourth-order valence-corrected chi connectivity index (χ4v) is 6.85. The van der Waals surface area contributed by atoms with Crippen molar-refractivity contribution in [3.8, 4) is 22.6 Å². The second-order valence-corrected chi connectivity index (χ2v) is 12.8. The number of nitrogens with one attached hydrogen (secondary N) is 1. The highest BCUT2D eigenvalue weighted by molar-refractivity contribution is 7.89. The predicted molar refractivity (Wildman–Crippen MR) is 154 cm³/mol. The van der Waals surface area contributed by atoms with Crippen molar-refractivity contribution >= 4 is 15.9 Å². The van der Waals surface area contributed by atoms with Crippen molar-refractivity contribution < 1.29 is 32.2 Å². The van der Waals surface area contributed by atoms with E-state index in [2.05, 4.69) is 9.71 Å². The van der Waals surface area contributed by atoms with Gasteiger partial charge in [0.2, 0.25) is 10.0 Å². The molecule has 1 fully saturated rings. The van der Waals surface area contributed by atoms with Crippen molar-refractivity contribution in [2.75, 3.05) is 53.5 Å². The maximum Gasteiger partial charge on any atom is 0.256 e. The van der Waals surface area contributed by atoms with Crippen LogP contribution in [0.1, 0.15) is 23.2 Å². The van der Waals surface area contributed by atoms with Crippen LogP contribution in [0.2, 0.25) is 0 Å². The number of rotatable bonds is 3. The number of hydrogen-bond donors (Lipinski definition) is 2. The average Bonchev–Trinajstić information content (AvgIpc) is 2.99. The summed E-state index contributed by atoms with van der Waals surface area (Å²) in [6, 6.07) is 13.7. The van der Waals surface area contributed by atoms with Crippen molar-refractivity contribution in [2.24, 2.45) is 5.41 Å². The summed E-state index contributed by atoms with van der Waals surface area (Å²) in [5.41, 5.74) is 1.10. The number of carbonyl (C=O) groups is 1. The summed E-state index contributed by atoms with van der Waals surface area (Å²) >= 11 is 0. The van der Waals surface area contributed by atoms with Gasteiger partial charge >= 0.3 is 0 Å². The Labute approximate surface area is 245 Å². The molecule has 42 heavy (non-hydrogen) atoms. The number of piperidine rings is 1. The van der Waals surface area contributed by atoms with E-state index in [1.165, 1.54) is 18.3 Å². The molecule has 1 amide bonds. The number of sulfonamides is 1. The molecule has 12 heteroatoms. The van der Waals surface area contributed by atoms with Gasteiger partial charge in [0.05, 0.1) is 31.6 Å². The van der Waals surface area contributed by atoms with Gasteiger partial charge < -0.3 is 24.4 Å². The molecule has 0 bridgehead atoms. The number of β-amino-alcohol motifs (C(OH)–C–C–N with tert-alkyl or cyclic N) is 1. The van der Waals surface area contributed by atoms with E-state index in [0.717, 1.165) is 17.3 Å². The number of likely N-dealkylation sites (tertiary alicyclic amines) is 1. The van der Waals surface area contributed by atoms with E-state index in [1.54, 1.807) is 24.1 Å². The van der Waals surface area contributed by atoms with E-state index in [-0.39, 0.29) is 35.9 Å². The highest BCUT2D eigenvalue weighted by Crippen LogP contribution is 2.37. The normalized spacial score (nSPS) is 21.0. The van der Waals surface area contributed by atoms with Crippen LogP contribution in [-0.2, 0) is 10.0 Å². The molecular weight excluding hydrogens is 563 g/mol. The Balaban J connectivity index is 1.45. The van der Waals surface area contributed by atoms with Crippen LogP contribution in [-0.4, -0.2) is 93.8 Å². The zero-order valence-electron chi connectivity index (χ0n) is 23.6. The second kappa shape index (κ2) is 12.3. The van der Waals surface area contributed by atoms with Crippen LogP contribution in [0.25, 0.3) is 11.1 Å². The third kappa shape index (κ3) is 6.57. The molecule has 1 unspecified atom stereocenters. The minimum atomic E-state index is -4.00. The molecule has 2 aliphatic rings. The number of halogens is 1. The molecule has 1 saturated heterocycles. The Kier molecular flexibility index (Phi) is 8.78. The summed E-state index contributed by atoms with van der Waals surface area (Å²) in [5.74, 6) is -0.200. The van der Waals surface area contributed by atoms with Crippen LogP contribution in [0, 0.1) is 11.2 Å². The zero-order valence-corrected chi connectivity index (χ0v) is 24.4. The third-order valence-electron chi connectivity index (χ3n) is 7.92. The SMILES string of the molecule is COc1cccc(-c2ccc3c(c2)OCC2(CCN(C(=O)c4ccncc4F)CC2)CN(C)CC(O)CNS3(=O)=O)c1. The van der Waals surface area contributed by atoms with Gasteiger partial charge in [-0.1, -0.05) is 18.2 Å². The van der Waals surface area contributed by atoms with Gasteiger partial charge in [0.1, 0.15) is 16.4 Å². The lowest BCUT2D eigenvalue weighted by atomic mass is 9.78. The lowest BCUT2D eigenvalue weighted by molar-refractivity contribution is 0.0158. The lowest BCUT2D eigenvalue weighted by Crippen LogP contribution is -2.51. The zero-order chi connectivity index (χ0) is 29.9. The fraction of sp³-hybridized carbons (Fsp3) is 0.400. The van der Waals surface area contributed by atoms with Crippen molar-refractivity contribution in [3.63, 3.8) is 0 Å². The van der Waals surface area contributed by atoms with E-state index in [4.69, 9.17) is 9.47 Å². The number of nitrogens with zero attached hydrogens (tertiary/aromatic N) is 3. The summed E-state index contributed by atoms with van der Waals surface area (Å²) in [6.45, 7) is 1.57. The molecule has 3 aromatic rings. The first-order valence-corrected chi connectivity index (χ1v) is 15.2. The number of aliphatic hydroxyl groups excluding tert-OH is 1. The van der Waals surface area contributed by atoms with Crippen molar-refractivity contribution in [2.45, 2.75) is 23.8 Å². The minimum absolute atomic E-state index is 0.0205. The van der Waals surface area contributed by atoms with Crippen LogP contribution in [0.4, 0.5) is 4.39 Å². The van der Waals surface area contributed by atoms with Gasteiger partial charge in [-0.05, 0) is 61.3 Å².